The summed E-state index contributed by atoms with van der Waals surface area (Å²) in [7, 11) is 0. The molecule has 1 atom stereocenters. The van der Waals surface area contributed by atoms with E-state index in [1.54, 1.807) is 31.2 Å². The van der Waals surface area contributed by atoms with Gasteiger partial charge in [-0.25, -0.2) is 0 Å². The van der Waals surface area contributed by atoms with Crippen LogP contribution in [-0.2, 0) is 0 Å². The molecule has 1 amide bonds. The number of aromatic hydroxyl groups is 1. The fourth-order valence-corrected chi connectivity index (χ4v) is 3.15. The fraction of sp³-hybridized carbons (Fsp3) is 0.111. The minimum absolute atomic E-state index is 0.00238. The zero-order valence-corrected chi connectivity index (χ0v) is 13.3. The van der Waals surface area contributed by atoms with Crippen molar-refractivity contribution in [1.29, 1.82) is 0 Å². The van der Waals surface area contributed by atoms with Crippen molar-refractivity contribution in [2.24, 2.45) is 0 Å². The third-order valence-electron chi connectivity index (χ3n) is 4.18. The van der Waals surface area contributed by atoms with Gasteiger partial charge in [0.05, 0.1) is 17.0 Å². The summed E-state index contributed by atoms with van der Waals surface area (Å²) in [6.07, 6.45) is 0. The van der Waals surface area contributed by atoms with Crippen LogP contribution in [0.4, 0.5) is 0 Å². The van der Waals surface area contributed by atoms with Gasteiger partial charge in [0.15, 0.2) is 5.43 Å². The number of halogens is 1. The van der Waals surface area contributed by atoms with Crippen LogP contribution in [0.25, 0.3) is 11.0 Å². The zero-order valence-electron chi connectivity index (χ0n) is 12.6. The van der Waals surface area contributed by atoms with Crippen molar-refractivity contribution in [3.63, 3.8) is 0 Å². The third kappa shape index (κ3) is 2.09. The van der Waals surface area contributed by atoms with Gasteiger partial charge in [0, 0.05) is 5.02 Å². The predicted octanol–water partition coefficient (Wildman–Crippen LogP) is 3.29. The lowest BCUT2D eigenvalue weighted by Gasteiger charge is -2.12. The number of carbonyl (C=O) groups excluding carboxylic acids is 1. The molecular weight excluding hydrogens is 330 g/mol. The number of nitrogens with one attached hydrogen (secondary N) is 1. The van der Waals surface area contributed by atoms with Crippen LogP contribution in [0.3, 0.4) is 0 Å². The molecule has 0 aliphatic carbocycles. The Kier molecular flexibility index (Phi) is 3.15. The van der Waals surface area contributed by atoms with Crippen molar-refractivity contribution in [1.82, 2.24) is 5.32 Å². The average Bonchev–Trinajstić information content (AvgIpc) is 2.87. The van der Waals surface area contributed by atoms with Gasteiger partial charge in [-0.2, -0.15) is 0 Å². The Morgan fingerprint density at radius 1 is 1.21 bits per heavy atom. The largest absolute Gasteiger partial charge is 0.508 e. The SMILES string of the molecule is Cc1cc2oc3c(c(=O)c2cc1Cl)[C@@H](c1cccc(O)c1)NC3=O. The van der Waals surface area contributed by atoms with Gasteiger partial charge in [0.25, 0.3) is 5.91 Å². The average molecular weight is 342 g/mol. The number of phenolic OH excluding ortho intramolecular Hbond substituents is 1. The molecule has 0 radical (unpaired) electrons. The first kappa shape index (κ1) is 14.8. The molecule has 120 valence electrons. The Balaban J connectivity index is 2.02. The second-order valence-corrected chi connectivity index (χ2v) is 6.18. The molecule has 4 rings (SSSR count). The van der Waals surface area contributed by atoms with Gasteiger partial charge in [-0.05, 0) is 42.3 Å². The summed E-state index contributed by atoms with van der Waals surface area (Å²) in [6.45, 7) is 1.80. The van der Waals surface area contributed by atoms with Crippen molar-refractivity contribution in [2.45, 2.75) is 13.0 Å². The van der Waals surface area contributed by atoms with Gasteiger partial charge >= 0.3 is 0 Å². The van der Waals surface area contributed by atoms with Crippen molar-refractivity contribution in [2.75, 3.05) is 0 Å². The zero-order chi connectivity index (χ0) is 17.0. The maximum atomic E-state index is 12.9. The summed E-state index contributed by atoms with van der Waals surface area (Å²) in [5.74, 6) is -0.397. The van der Waals surface area contributed by atoms with E-state index in [-0.39, 0.29) is 22.5 Å². The lowest BCUT2D eigenvalue weighted by molar-refractivity contribution is 0.0938. The molecule has 0 unspecified atom stereocenters. The lowest BCUT2D eigenvalue weighted by atomic mass is 9.99. The van der Waals surface area contributed by atoms with Crippen LogP contribution >= 0.6 is 11.6 Å². The maximum absolute atomic E-state index is 12.9. The van der Waals surface area contributed by atoms with Gasteiger partial charge in [-0.15, -0.1) is 0 Å². The topological polar surface area (TPSA) is 79.5 Å². The van der Waals surface area contributed by atoms with Gasteiger partial charge in [-0.3, -0.25) is 9.59 Å². The minimum Gasteiger partial charge on any atom is -0.508 e. The molecule has 2 heterocycles. The van der Waals surface area contributed by atoms with Crippen LogP contribution in [0, 0.1) is 6.92 Å². The van der Waals surface area contributed by atoms with Crippen LogP contribution in [0.1, 0.15) is 33.3 Å². The first-order chi connectivity index (χ1) is 11.5. The number of hydrogen-bond acceptors (Lipinski definition) is 4. The van der Waals surface area contributed by atoms with Gasteiger partial charge in [0.2, 0.25) is 5.76 Å². The Morgan fingerprint density at radius 2 is 2.00 bits per heavy atom. The molecule has 5 nitrogen and oxygen atoms in total. The number of amides is 1. The van der Waals surface area contributed by atoms with E-state index in [0.717, 1.165) is 5.56 Å². The van der Waals surface area contributed by atoms with Gasteiger partial charge in [-0.1, -0.05) is 23.7 Å². The number of benzene rings is 2. The van der Waals surface area contributed by atoms with E-state index in [1.165, 1.54) is 12.1 Å². The standard InChI is InChI=1S/C18H12ClNO4/c1-8-5-13-11(7-12(8)19)16(22)14-15(20-18(23)17(14)24-13)9-3-2-4-10(21)6-9/h2-7,15,21H,1H3,(H,20,23)/t15-/m1/s1. The summed E-state index contributed by atoms with van der Waals surface area (Å²) in [5, 5.41) is 13.2. The normalized spacial score (nSPS) is 16.2. The molecule has 0 bridgehead atoms. The van der Waals surface area contributed by atoms with E-state index < -0.39 is 11.9 Å². The van der Waals surface area contributed by atoms with Crippen LogP contribution in [0.2, 0.25) is 5.02 Å². The molecule has 0 fully saturated rings. The third-order valence-corrected chi connectivity index (χ3v) is 4.59. The summed E-state index contributed by atoms with van der Waals surface area (Å²) in [4.78, 5) is 25.2. The molecule has 1 aliphatic rings. The monoisotopic (exact) mass is 341 g/mol. The number of phenols is 1. The number of carbonyl (C=O) groups is 1. The van der Waals surface area contributed by atoms with Gasteiger partial charge < -0.3 is 14.8 Å². The van der Waals surface area contributed by atoms with Crippen molar-refractivity contribution in [3.8, 4) is 5.75 Å². The lowest BCUT2D eigenvalue weighted by Crippen LogP contribution is -2.21. The molecule has 2 N–H and O–H groups in total. The Morgan fingerprint density at radius 3 is 2.75 bits per heavy atom. The quantitative estimate of drug-likeness (QED) is 0.711. The summed E-state index contributed by atoms with van der Waals surface area (Å²) >= 11 is 6.12. The number of hydrogen-bond donors (Lipinski definition) is 2. The van der Waals surface area contributed by atoms with Crippen LogP contribution in [0.5, 0.6) is 5.75 Å². The van der Waals surface area contributed by atoms with Crippen LogP contribution in [0.15, 0.2) is 45.6 Å². The predicted molar refractivity (Wildman–Crippen MR) is 89.6 cm³/mol. The highest BCUT2D eigenvalue weighted by molar-refractivity contribution is 6.32. The van der Waals surface area contributed by atoms with E-state index in [1.807, 2.05) is 0 Å². The molecule has 24 heavy (non-hydrogen) atoms. The summed E-state index contributed by atoms with van der Waals surface area (Å²) in [5.41, 5.74) is 1.62. The smallest absolute Gasteiger partial charge is 0.288 e. The van der Waals surface area contributed by atoms with Crippen molar-refractivity contribution >= 4 is 28.5 Å². The molecule has 0 saturated heterocycles. The second-order valence-electron chi connectivity index (χ2n) is 5.77. The van der Waals surface area contributed by atoms with E-state index >= 15 is 0 Å². The highest BCUT2D eigenvalue weighted by atomic mass is 35.5. The molecule has 2 aromatic carbocycles. The van der Waals surface area contributed by atoms with E-state index in [4.69, 9.17) is 16.0 Å². The highest BCUT2D eigenvalue weighted by Crippen LogP contribution is 2.33. The number of fused-ring (bicyclic) bond motifs is 2. The Hall–Kier alpha value is -2.79. The minimum atomic E-state index is -0.666. The van der Waals surface area contributed by atoms with Crippen molar-refractivity contribution in [3.05, 3.63) is 74.1 Å². The fourth-order valence-electron chi connectivity index (χ4n) is 2.98. The number of aryl methyl sites for hydroxylation is 1. The van der Waals surface area contributed by atoms with Gasteiger partial charge in [0.1, 0.15) is 11.3 Å². The van der Waals surface area contributed by atoms with Crippen LogP contribution in [-0.4, -0.2) is 11.0 Å². The second kappa shape index (κ2) is 5.11. The van der Waals surface area contributed by atoms with E-state index in [2.05, 4.69) is 5.32 Å². The molecule has 1 aliphatic heterocycles. The maximum Gasteiger partial charge on any atom is 0.288 e. The van der Waals surface area contributed by atoms with E-state index in [9.17, 15) is 14.7 Å². The molecule has 3 aromatic rings. The van der Waals surface area contributed by atoms with E-state index in [0.29, 0.717) is 21.6 Å². The Labute approximate surface area is 141 Å². The van der Waals surface area contributed by atoms with Crippen molar-refractivity contribution < 1.29 is 14.3 Å². The summed E-state index contributed by atoms with van der Waals surface area (Å²) in [6, 6.07) is 8.94. The molecule has 0 saturated carbocycles. The summed E-state index contributed by atoms with van der Waals surface area (Å²) < 4.78 is 5.68. The van der Waals surface area contributed by atoms with Crippen LogP contribution < -0.4 is 10.7 Å². The Bertz CT molecular complexity index is 1070. The molecule has 1 aromatic heterocycles. The highest BCUT2D eigenvalue weighted by Gasteiger charge is 2.36. The molecule has 6 heteroatoms. The molecular formula is C18H12ClNO4. The first-order valence-corrected chi connectivity index (χ1v) is 7.70. The number of rotatable bonds is 1. The first-order valence-electron chi connectivity index (χ1n) is 7.32. The molecule has 0 spiro atoms.